The van der Waals surface area contributed by atoms with Gasteiger partial charge in [0.1, 0.15) is 11.5 Å². The van der Waals surface area contributed by atoms with Crippen LogP contribution in [0.3, 0.4) is 0 Å². The van der Waals surface area contributed by atoms with Crippen molar-refractivity contribution < 1.29 is 17.8 Å². The van der Waals surface area contributed by atoms with Crippen molar-refractivity contribution in [3.05, 3.63) is 57.5 Å². The number of nitrogens with zero attached hydrogens (tertiary/aromatic N) is 1. The first kappa shape index (κ1) is 15.2. The molecule has 1 aromatic carbocycles. The van der Waals surface area contributed by atoms with Gasteiger partial charge in [-0.05, 0) is 32.0 Å². The van der Waals surface area contributed by atoms with Crippen LogP contribution in [-0.2, 0) is 16.6 Å². The Balaban J connectivity index is 2.14. The van der Waals surface area contributed by atoms with E-state index in [0.717, 1.165) is 17.7 Å². The Morgan fingerprint density at radius 1 is 1.24 bits per heavy atom. The number of aryl methyl sites for hydroxylation is 2. The molecule has 112 valence electrons. The van der Waals surface area contributed by atoms with Gasteiger partial charge in [-0.15, -0.1) is 0 Å². The Morgan fingerprint density at radius 3 is 2.33 bits per heavy atom. The number of hydrogen-bond acceptors (Lipinski definition) is 5. The molecule has 0 radical (unpaired) electrons. The lowest BCUT2D eigenvalue weighted by atomic mass is 10.2. The molecule has 21 heavy (non-hydrogen) atoms. The number of nitrogens with one attached hydrogen (secondary N) is 1. The second-order valence-corrected chi connectivity index (χ2v) is 6.28. The first-order valence-corrected chi connectivity index (χ1v) is 7.58. The van der Waals surface area contributed by atoms with Gasteiger partial charge in [0.2, 0.25) is 10.0 Å². The molecular formula is C13H14N2O5S. The molecule has 0 atom stereocenters. The van der Waals surface area contributed by atoms with E-state index in [2.05, 4.69) is 4.72 Å². The summed E-state index contributed by atoms with van der Waals surface area (Å²) in [5, 5.41) is 10.5. The minimum atomic E-state index is -3.72. The third-order valence-electron chi connectivity index (χ3n) is 2.95. The Kier molecular flexibility index (Phi) is 4.10. The van der Waals surface area contributed by atoms with Crippen LogP contribution in [0.4, 0.5) is 5.69 Å². The largest absolute Gasteiger partial charge is 0.466 e. The summed E-state index contributed by atoms with van der Waals surface area (Å²) in [7, 11) is -3.72. The molecule has 0 spiro atoms. The third-order valence-corrected chi connectivity index (χ3v) is 4.37. The summed E-state index contributed by atoms with van der Waals surface area (Å²) in [5.74, 6) is 1.36. The van der Waals surface area contributed by atoms with Crippen LogP contribution >= 0.6 is 0 Å². The van der Waals surface area contributed by atoms with Gasteiger partial charge in [0.05, 0.1) is 9.82 Å². The second kappa shape index (κ2) is 5.66. The van der Waals surface area contributed by atoms with Gasteiger partial charge in [-0.25, -0.2) is 13.1 Å². The topological polar surface area (TPSA) is 102 Å². The van der Waals surface area contributed by atoms with Crippen molar-refractivity contribution in [1.29, 1.82) is 0 Å². The van der Waals surface area contributed by atoms with Crippen LogP contribution in [-0.4, -0.2) is 13.3 Å². The fraction of sp³-hybridized carbons (Fsp3) is 0.231. The Morgan fingerprint density at radius 2 is 1.86 bits per heavy atom. The summed E-state index contributed by atoms with van der Waals surface area (Å²) >= 11 is 0. The van der Waals surface area contributed by atoms with Crippen molar-refractivity contribution in [2.24, 2.45) is 0 Å². The van der Waals surface area contributed by atoms with E-state index in [1.807, 2.05) is 0 Å². The van der Waals surface area contributed by atoms with E-state index >= 15 is 0 Å². The third kappa shape index (κ3) is 3.47. The fourth-order valence-corrected chi connectivity index (χ4v) is 2.87. The van der Waals surface area contributed by atoms with Crippen molar-refractivity contribution in [2.75, 3.05) is 0 Å². The van der Waals surface area contributed by atoms with Crippen molar-refractivity contribution >= 4 is 15.7 Å². The number of hydrogen-bond donors (Lipinski definition) is 1. The van der Waals surface area contributed by atoms with E-state index in [1.165, 1.54) is 12.1 Å². The van der Waals surface area contributed by atoms with E-state index < -0.39 is 14.9 Å². The van der Waals surface area contributed by atoms with Gasteiger partial charge >= 0.3 is 0 Å². The number of furan rings is 1. The fourth-order valence-electron chi connectivity index (χ4n) is 1.86. The van der Waals surface area contributed by atoms with Crippen LogP contribution < -0.4 is 4.72 Å². The minimum Gasteiger partial charge on any atom is -0.466 e. The smallest absolute Gasteiger partial charge is 0.269 e. The Bertz CT molecular complexity index is 762. The molecule has 0 aliphatic carbocycles. The highest BCUT2D eigenvalue weighted by molar-refractivity contribution is 7.89. The molecule has 0 saturated heterocycles. The molecule has 1 aromatic heterocycles. The van der Waals surface area contributed by atoms with E-state index in [1.54, 1.807) is 19.9 Å². The number of benzene rings is 1. The van der Waals surface area contributed by atoms with Crippen LogP contribution in [0.25, 0.3) is 0 Å². The normalized spacial score (nSPS) is 11.5. The molecule has 2 aromatic rings. The molecular weight excluding hydrogens is 296 g/mol. The summed E-state index contributed by atoms with van der Waals surface area (Å²) in [4.78, 5) is 9.94. The van der Waals surface area contributed by atoms with Crippen LogP contribution in [0, 0.1) is 24.0 Å². The summed E-state index contributed by atoms with van der Waals surface area (Å²) in [6.45, 7) is 3.63. The Hall–Kier alpha value is -2.19. The van der Waals surface area contributed by atoms with E-state index in [0.29, 0.717) is 11.5 Å². The average Bonchev–Trinajstić information content (AvgIpc) is 2.75. The first-order valence-electron chi connectivity index (χ1n) is 6.09. The molecule has 0 bridgehead atoms. The van der Waals surface area contributed by atoms with Gasteiger partial charge in [-0.2, -0.15) is 0 Å². The number of nitro groups is 1. The molecule has 0 unspecified atom stereocenters. The molecule has 0 aliphatic heterocycles. The molecule has 0 fully saturated rings. The number of non-ortho nitro benzene ring substituents is 1. The molecule has 1 N–H and O–H groups in total. The van der Waals surface area contributed by atoms with Crippen molar-refractivity contribution in [2.45, 2.75) is 25.3 Å². The highest BCUT2D eigenvalue weighted by Crippen LogP contribution is 2.17. The highest BCUT2D eigenvalue weighted by Gasteiger charge is 2.16. The SMILES string of the molecule is Cc1cc(CNS(=O)(=O)c2ccc([N+](=O)[O-])cc2)c(C)o1. The average molecular weight is 310 g/mol. The molecule has 8 heteroatoms. The molecule has 0 amide bonds. The standard InChI is InChI=1S/C13H14N2O5S/c1-9-7-11(10(2)20-9)8-14-21(18,19)13-5-3-12(4-6-13)15(16)17/h3-7,14H,8H2,1-2H3. The zero-order valence-corrected chi connectivity index (χ0v) is 12.3. The van der Waals surface area contributed by atoms with Crippen molar-refractivity contribution in [1.82, 2.24) is 4.72 Å². The van der Waals surface area contributed by atoms with E-state index in [4.69, 9.17) is 4.42 Å². The van der Waals surface area contributed by atoms with Gasteiger partial charge in [-0.1, -0.05) is 0 Å². The number of nitro benzene ring substituents is 1. The zero-order chi connectivity index (χ0) is 15.6. The lowest BCUT2D eigenvalue weighted by Crippen LogP contribution is -2.23. The first-order chi connectivity index (χ1) is 9.79. The van der Waals surface area contributed by atoms with Gasteiger partial charge in [0.25, 0.3) is 5.69 Å². The van der Waals surface area contributed by atoms with Crippen molar-refractivity contribution in [3.63, 3.8) is 0 Å². The molecule has 0 saturated carbocycles. The van der Waals surface area contributed by atoms with Crippen LogP contribution in [0.1, 0.15) is 17.1 Å². The number of sulfonamides is 1. The van der Waals surface area contributed by atoms with Crippen molar-refractivity contribution in [3.8, 4) is 0 Å². The second-order valence-electron chi connectivity index (χ2n) is 4.51. The summed E-state index contributed by atoms with van der Waals surface area (Å²) in [6, 6.07) is 6.47. The highest BCUT2D eigenvalue weighted by atomic mass is 32.2. The maximum absolute atomic E-state index is 12.1. The zero-order valence-electron chi connectivity index (χ0n) is 11.5. The van der Waals surface area contributed by atoms with E-state index in [-0.39, 0.29) is 17.1 Å². The number of rotatable bonds is 5. The van der Waals surface area contributed by atoms with Gasteiger partial charge in [0.15, 0.2) is 0 Å². The van der Waals surface area contributed by atoms with Crippen LogP contribution in [0.2, 0.25) is 0 Å². The lowest BCUT2D eigenvalue weighted by Gasteiger charge is -2.05. The van der Waals surface area contributed by atoms with Gasteiger partial charge < -0.3 is 4.42 Å². The maximum atomic E-state index is 12.1. The quantitative estimate of drug-likeness (QED) is 0.674. The summed E-state index contributed by atoms with van der Waals surface area (Å²) in [6.07, 6.45) is 0. The predicted molar refractivity (Wildman–Crippen MR) is 75.3 cm³/mol. The summed E-state index contributed by atoms with van der Waals surface area (Å²) < 4.78 is 31.9. The minimum absolute atomic E-state index is 0.0223. The summed E-state index contributed by atoms with van der Waals surface area (Å²) in [5.41, 5.74) is 0.591. The lowest BCUT2D eigenvalue weighted by molar-refractivity contribution is -0.384. The Labute approximate surface area is 121 Å². The van der Waals surface area contributed by atoms with Gasteiger partial charge in [-0.3, -0.25) is 10.1 Å². The van der Waals surface area contributed by atoms with Gasteiger partial charge in [0, 0.05) is 24.2 Å². The van der Waals surface area contributed by atoms with Crippen LogP contribution in [0.5, 0.6) is 0 Å². The molecule has 2 rings (SSSR count). The maximum Gasteiger partial charge on any atom is 0.269 e. The molecule has 0 aliphatic rings. The predicted octanol–water partition coefficient (Wildman–Crippen LogP) is 2.28. The molecule has 1 heterocycles. The monoisotopic (exact) mass is 310 g/mol. The van der Waals surface area contributed by atoms with Crippen LogP contribution in [0.15, 0.2) is 39.6 Å². The molecule has 7 nitrogen and oxygen atoms in total. The van der Waals surface area contributed by atoms with E-state index in [9.17, 15) is 18.5 Å².